The highest BCUT2D eigenvalue weighted by atomic mass is 16.5. The fourth-order valence-electron chi connectivity index (χ4n) is 3.28. The van der Waals surface area contributed by atoms with Crippen molar-refractivity contribution >= 4 is 11.9 Å². The Morgan fingerprint density at radius 2 is 1.87 bits per heavy atom. The molecule has 6 nitrogen and oxygen atoms in total. The minimum absolute atomic E-state index is 0.139. The fourth-order valence-corrected chi connectivity index (χ4v) is 3.28. The van der Waals surface area contributed by atoms with Crippen LogP contribution in [0, 0.1) is 0 Å². The molecular formula is C24H29NO5. The topological polar surface area (TPSA) is 73.9 Å². The van der Waals surface area contributed by atoms with E-state index in [1.54, 1.807) is 24.3 Å². The highest BCUT2D eigenvalue weighted by Crippen LogP contribution is 2.17. The number of carbonyl (C=O) groups excluding carboxylic acids is 2. The van der Waals surface area contributed by atoms with Crippen molar-refractivity contribution in [3.63, 3.8) is 0 Å². The van der Waals surface area contributed by atoms with Crippen molar-refractivity contribution in [2.75, 3.05) is 19.8 Å². The maximum Gasteiger partial charge on any atom is 0.338 e. The van der Waals surface area contributed by atoms with Crippen LogP contribution in [0.25, 0.3) is 0 Å². The molecule has 0 aromatic heterocycles. The number of amides is 1. The largest absolute Gasteiger partial charge is 0.491 e. The molecule has 1 aliphatic rings. The van der Waals surface area contributed by atoms with E-state index >= 15 is 0 Å². The van der Waals surface area contributed by atoms with Gasteiger partial charge in [-0.1, -0.05) is 31.2 Å². The van der Waals surface area contributed by atoms with Crippen molar-refractivity contribution in [2.45, 2.75) is 45.3 Å². The van der Waals surface area contributed by atoms with Crippen LogP contribution >= 0.6 is 0 Å². The fraction of sp³-hybridized carbons (Fsp3) is 0.417. The van der Waals surface area contributed by atoms with Crippen molar-refractivity contribution in [2.24, 2.45) is 0 Å². The van der Waals surface area contributed by atoms with Crippen LogP contribution in [0.2, 0.25) is 0 Å². The number of aryl methyl sites for hydroxylation is 1. The Hall–Kier alpha value is -2.86. The summed E-state index contributed by atoms with van der Waals surface area (Å²) in [4.78, 5) is 24.3. The number of rotatable bonds is 9. The SMILES string of the molecule is CCc1ccc(C(C)NC(=O)COC(=O)c2ccc(OCC3CCCO3)cc2)cc1. The van der Waals surface area contributed by atoms with E-state index < -0.39 is 5.97 Å². The molecule has 0 bridgehead atoms. The Morgan fingerprint density at radius 1 is 1.13 bits per heavy atom. The number of ether oxygens (including phenoxy) is 3. The summed E-state index contributed by atoms with van der Waals surface area (Å²) >= 11 is 0. The summed E-state index contributed by atoms with van der Waals surface area (Å²) < 4.78 is 16.3. The number of nitrogens with one attached hydrogen (secondary N) is 1. The quantitative estimate of drug-likeness (QED) is 0.635. The third-order valence-corrected chi connectivity index (χ3v) is 5.15. The zero-order chi connectivity index (χ0) is 21.3. The predicted octanol–water partition coefficient (Wildman–Crippen LogP) is 3.84. The van der Waals surface area contributed by atoms with Gasteiger partial charge in [0.05, 0.1) is 17.7 Å². The Bertz CT molecular complexity index is 826. The minimum Gasteiger partial charge on any atom is -0.491 e. The summed E-state index contributed by atoms with van der Waals surface area (Å²) in [5.74, 6) is -0.217. The van der Waals surface area contributed by atoms with E-state index in [9.17, 15) is 9.59 Å². The second-order valence-corrected chi connectivity index (χ2v) is 7.43. The van der Waals surface area contributed by atoms with Gasteiger partial charge in [0.2, 0.25) is 0 Å². The molecule has 0 spiro atoms. The van der Waals surface area contributed by atoms with Gasteiger partial charge in [-0.15, -0.1) is 0 Å². The first kappa shape index (κ1) is 21.8. The van der Waals surface area contributed by atoms with E-state index in [0.29, 0.717) is 17.9 Å². The molecule has 3 rings (SSSR count). The Labute approximate surface area is 177 Å². The van der Waals surface area contributed by atoms with Crippen LogP contribution in [0.1, 0.15) is 54.2 Å². The number of hydrogen-bond donors (Lipinski definition) is 1. The second-order valence-electron chi connectivity index (χ2n) is 7.43. The molecule has 0 saturated carbocycles. The lowest BCUT2D eigenvalue weighted by atomic mass is 10.1. The van der Waals surface area contributed by atoms with E-state index in [0.717, 1.165) is 31.4 Å². The van der Waals surface area contributed by atoms with Crippen molar-refractivity contribution in [3.05, 3.63) is 65.2 Å². The third kappa shape index (κ3) is 6.32. The Balaban J connectivity index is 1.41. The number of benzene rings is 2. The zero-order valence-electron chi connectivity index (χ0n) is 17.6. The summed E-state index contributed by atoms with van der Waals surface area (Å²) in [6.45, 7) is 4.96. The highest BCUT2D eigenvalue weighted by molar-refractivity contribution is 5.91. The molecule has 6 heteroatoms. The molecule has 2 aromatic rings. The lowest BCUT2D eigenvalue weighted by molar-refractivity contribution is -0.124. The smallest absolute Gasteiger partial charge is 0.338 e. The van der Waals surface area contributed by atoms with Gasteiger partial charge in [0.1, 0.15) is 12.4 Å². The zero-order valence-corrected chi connectivity index (χ0v) is 17.6. The average Bonchev–Trinajstić information content (AvgIpc) is 3.30. The van der Waals surface area contributed by atoms with Crippen molar-refractivity contribution < 1.29 is 23.8 Å². The van der Waals surface area contributed by atoms with Crippen molar-refractivity contribution in [3.8, 4) is 5.75 Å². The summed E-state index contributed by atoms with van der Waals surface area (Å²) in [5, 5.41) is 2.85. The van der Waals surface area contributed by atoms with E-state index in [4.69, 9.17) is 14.2 Å². The van der Waals surface area contributed by atoms with Crippen LogP contribution in [0.5, 0.6) is 5.75 Å². The molecule has 1 aliphatic heterocycles. The molecule has 2 unspecified atom stereocenters. The molecule has 1 fully saturated rings. The lowest BCUT2D eigenvalue weighted by Gasteiger charge is -2.15. The molecule has 0 radical (unpaired) electrons. The van der Waals surface area contributed by atoms with Gasteiger partial charge < -0.3 is 19.5 Å². The summed E-state index contributed by atoms with van der Waals surface area (Å²) in [6, 6.07) is 14.6. The van der Waals surface area contributed by atoms with Gasteiger partial charge >= 0.3 is 5.97 Å². The Morgan fingerprint density at radius 3 is 2.50 bits per heavy atom. The van der Waals surface area contributed by atoms with Crippen LogP contribution < -0.4 is 10.1 Å². The maximum absolute atomic E-state index is 12.2. The summed E-state index contributed by atoms with van der Waals surface area (Å²) in [7, 11) is 0. The number of esters is 1. The normalized spacial score (nSPS) is 16.7. The van der Waals surface area contributed by atoms with Crippen LogP contribution in [0.15, 0.2) is 48.5 Å². The molecule has 1 amide bonds. The van der Waals surface area contributed by atoms with Gasteiger partial charge in [0, 0.05) is 6.61 Å². The maximum atomic E-state index is 12.2. The van der Waals surface area contributed by atoms with Crippen molar-refractivity contribution in [1.29, 1.82) is 0 Å². The van der Waals surface area contributed by atoms with E-state index in [-0.39, 0.29) is 24.7 Å². The molecule has 0 aliphatic carbocycles. The Kier molecular flexibility index (Phi) is 7.85. The van der Waals surface area contributed by atoms with E-state index in [1.165, 1.54) is 5.56 Å². The summed E-state index contributed by atoms with van der Waals surface area (Å²) in [6.07, 6.45) is 3.19. The van der Waals surface area contributed by atoms with Crippen LogP contribution in [-0.2, 0) is 20.7 Å². The van der Waals surface area contributed by atoms with Gasteiger partial charge in [0.25, 0.3) is 5.91 Å². The van der Waals surface area contributed by atoms with Gasteiger partial charge in [-0.25, -0.2) is 4.79 Å². The molecule has 2 aromatic carbocycles. The van der Waals surface area contributed by atoms with Gasteiger partial charge in [0.15, 0.2) is 6.61 Å². The second kappa shape index (κ2) is 10.8. The monoisotopic (exact) mass is 411 g/mol. The van der Waals surface area contributed by atoms with E-state index in [2.05, 4.69) is 12.2 Å². The molecule has 30 heavy (non-hydrogen) atoms. The molecule has 1 heterocycles. The number of hydrogen-bond acceptors (Lipinski definition) is 5. The lowest BCUT2D eigenvalue weighted by Crippen LogP contribution is -2.31. The van der Waals surface area contributed by atoms with E-state index in [1.807, 2.05) is 31.2 Å². The highest BCUT2D eigenvalue weighted by Gasteiger charge is 2.16. The molecule has 1 saturated heterocycles. The molecule has 160 valence electrons. The first-order valence-electron chi connectivity index (χ1n) is 10.4. The summed E-state index contributed by atoms with van der Waals surface area (Å²) in [5.41, 5.74) is 2.62. The average molecular weight is 411 g/mol. The predicted molar refractivity (Wildman–Crippen MR) is 114 cm³/mol. The molecule has 2 atom stereocenters. The van der Waals surface area contributed by atoms with Gasteiger partial charge in [-0.3, -0.25) is 4.79 Å². The number of carbonyl (C=O) groups is 2. The van der Waals surface area contributed by atoms with Crippen LogP contribution in [0.4, 0.5) is 0 Å². The van der Waals surface area contributed by atoms with Crippen LogP contribution in [-0.4, -0.2) is 37.8 Å². The van der Waals surface area contributed by atoms with Crippen LogP contribution in [0.3, 0.4) is 0 Å². The molecule has 1 N–H and O–H groups in total. The third-order valence-electron chi connectivity index (χ3n) is 5.15. The first-order valence-corrected chi connectivity index (χ1v) is 10.4. The minimum atomic E-state index is -0.546. The standard InChI is InChI=1S/C24H29NO5/c1-3-18-6-8-19(9-7-18)17(2)25-23(26)16-30-24(27)20-10-12-21(13-11-20)29-15-22-5-4-14-28-22/h6-13,17,22H,3-5,14-16H2,1-2H3,(H,25,26). The molecular weight excluding hydrogens is 382 g/mol. The first-order chi connectivity index (χ1) is 14.5. The van der Waals surface area contributed by atoms with Gasteiger partial charge in [-0.2, -0.15) is 0 Å². The van der Waals surface area contributed by atoms with Crippen molar-refractivity contribution in [1.82, 2.24) is 5.32 Å². The van der Waals surface area contributed by atoms with Gasteiger partial charge in [-0.05, 0) is 61.6 Å².